The normalized spacial score (nSPS) is 12.3. The van der Waals surface area contributed by atoms with Gasteiger partial charge >= 0.3 is 0 Å². The lowest BCUT2D eigenvalue weighted by atomic mass is 10.1. The maximum Gasteiger partial charge on any atom is 0.188 e. The van der Waals surface area contributed by atoms with E-state index < -0.39 is 0 Å². The summed E-state index contributed by atoms with van der Waals surface area (Å²) in [6.45, 7) is 0. The molecule has 0 bridgehead atoms. The van der Waals surface area contributed by atoms with Crippen LogP contribution in [0.1, 0.15) is 11.3 Å². The summed E-state index contributed by atoms with van der Waals surface area (Å²) in [5, 5.41) is 24.0. The first kappa shape index (κ1) is 16.4. The molecule has 126 valence electrons. The van der Waals surface area contributed by atoms with Crippen LogP contribution in [0, 0.1) is 0 Å². The summed E-state index contributed by atoms with van der Waals surface area (Å²) < 4.78 is 0. The topological polar surface area (TPSA) is 143 Å². The minimum Gasteiger partial charge on any atom is -0.409 e. The number of thiazole rings is 1. The molecule has 6 N–H and O–H groups in total. The molecular formula is C16H14N6O2S. The molecule has 8 nitrogen and oxygen atoms in total. The molecule has 2 aromatic heterocycles. The standard InChI is InChI=1S/C16H14N6O2S/c17-14(21-23)10-3-1-9(2-4-10)13-8-20-16(25-13)11-5-6-12(19-7-11)15(18)22-24/h1-8,23-24H,(H2,17,21)(H2,18,22). The van der Waals surface area contributed by atoms with Crippen molar-refractivity contribution in [3.05, 3.63) is 60.0 Å². The molecule has 0 aliphatic rings. The maximum atomic E-state index is 8.69. The van der Waals surface area contributed by atoms with Gasteiger partial charge in [0.15, 0.2) is 11.7 Å². The number of amidine groups is 2. The molecule has 0 fully saturated rings. The van der Waals surface area contributed by atoms with Crippen molar-refractivity contribution in [1.82, 2.24) is 9.97 Å². The van der Waals surface area contributed by atoms with Crippen molar-refractivity contribution >= 4 is 23.0 Å². The van der Waals surface area contributed by atoms with Crippen LogP contribution in [0.5, 0.6) is 0 Å². The molecular weight excluding hydrogens is 340 g/mol. The third-order valence-electron chi connectivity index (χ3n) is 3.46. The fourth-order valence-corrected chi connectivity index (χ4v) is 3.04. The van der Waals surface area contributed by atoms with Crippen molar-refractivity contribution in [2.24, 2.45) is 21.8 Å². The molecule has 0 spiro atoms. The van der Waals surface area contributed by atoms with Crippen LogP contribution in [0.15, 0.2) is 59.1 Å². The Morgan fingerprint density at radius 3 is 2.12 bits per heavy atom. The molecule has 0 saturated heterocycles. The van der Waals surface area contributed by atoms with Crippen LogP contribution in [0.25, 0.3) is 21.0 Å². The summed E-state index contributed by atoms with van der Waals surface area (Å²) in [5.74, 6) is 0.0190. The van der Waals surface area contributed by atoms with Crippen LogP contribution in [-0.4, -0.2) is 32.1 Å². The number of rotatable bonds is 4. The van der Waals surface area contributed by atoms with Crippen molar-refractivity contribution in [1.29, 1.82) is 0 Å². The van der Waals surface area contributed by atoms with E-state index in [1.165, 1.54) is 11.3 Å². The number of benzene rings is 1. The maximum absolute atomic E-state index is 8.69. The highest BCUT2D eigenvalue weighted by Crippen LogP contribution is 2.31. The van der Waals surface area contributed by atoms with Crippen LogP contribution in [0.4, 0.5) is 0 Å². The summed E-state index contributed by atoms with van der Waals surface area (Å²) in [6.07, 6.45) is 3.40. The minimum atomic E-state index is -0.0443. The van der Waals surface area contributed by atoms with E-state index in [-0.39, 0.29) is 11.7 Å². The van der Waals surface area contributed by atoms with Crippen LogP contribution >= 0.6 is 11.3 Å². The fourth-order valence-electron chi connectivity index (χ4n) is 2.13. The predicted molar refractivity (Wildman–Crippen MR) is 95.8 cm³/mol. The molecule has 2 heterocycles. The monoisotopic (exact) mass is 354 g/mol. The van der Waals surface area contributed by atoms with Crippen LogP contribution in [0.3, 0.4) is 0 Å². The van der Waals surface area contributed by atoms with Gasteiger partial charge in [-0.05, 0) is 17.7 Å². The van der Waals surface area contributed by atoms with E-state index in [1.807, 2.05) is 18.2 Å². The minimum absolute atomic E-state index is 0.0443. The molecule has 0 atom stereocenters. The Labute approximate surface area is 146 Å². The van der Waals surface area contributed by atoms with Gasteiger partial charge in [0.1, 0.15) is 10.7 Å². The van der Waals surface area contributed by atoms with Gasteiger partial charge in [0.05, 0.1) is 4.88 Å². The molecule has 0 aliphatic heterocycles. The molecule has 3 aromatic rings. The van der Waals surface area contributed by atoms with Crippen LogP contribution in [0.2, 0.25) is 0 Å². The third-order valence-corrected chi connectivity index (χ3v) is 4.55. The van der Waals surface area contributed by atoms with Gasteiger partial charge in [-0.1, -0.05) is 34.6 Å². The zero-order valence-corrected chi connectivity index (χ0v) is 13.7. The van der Waals surface area contributed by atoms with Gasteiger partial charge in [-0.25, -0.2) is 4.98 Å². The predicted octanol–water partition coefficient (Wildman–Crippen LogP) is 2.06. The molecule has 0 aliphatic carbocycles. The number of nitrogens with two attached hydrogens (primary N) is 2. The van der Waals surface area contributed by atoms with Crippen molar-refractivity contribution in [2.75, 3.05) is 0 Å². The molecule has 25 heavy (non-hydrogen) atoms. The Balaban J connectivity index is 1.85. The Kier molecular flexibility index (Phi) is 4.57. The lowest BCUT2D eigenvalue weighted by Crippen LogP contribution is -2.14. The smallest absolute Gasteiger partial charge is 0.188 e. The lowest BCUT2D eigenvalue weighted by Gasteiger charge is -2.01. The summed E-state index contributed by atoms with van der Waals surface area (Å²) >= 11 is 1.51. The Morgan fingerprint density at radius 1 is 0.840 bits per heavy atom. The molecule has 9 heteroatoms. The van der Waals surface area contributed by atoms with Gasteiger partial charge in [-0.2, -0.15) is 0 Å². The summed E-state index contributed by atoms with van der Waals surface area (Å²) in [7, 11) is 0. The average Bonchev–Trinajstić information content (AvgIpc) is 3.17. The van der Waals surface area contributed by atoms with Crippen LogP contribution in [-0.2, 0) is 0 Å². The highest BCUT2D eigenvalue weighted by atomic mass is 32.1. The van der Waals surface area contributed by atoms with Crippen molar-refractivity contribution < 1.29 is 10.4 Å². The molecule has 0 saturated carbocycles. The highest BCUT2D eigenvalue weighted by Gasteiger charge is 2.09. The number of hydrogen-bond acceptors (Lipinski definition) is 7. The fraction of sp³-hybridized carbons (Fsp3) is 0. The van der Waals surface area contributed by atoms with E-state index in [0.717, 1.165) is 21.0 Å². The first-order valence-electron chi connectivity index (χ1n) is 7.11. The Bertz CT molecular complexity index is 856. The summed E-state index contributed by atoms with van der Waals surface area (Å²) in [4.78, 5) is 9.53. The van der Waals surface area contributed by atoms with E-state index in [1.54, 1.807) is 30.6 Å². The zero-order chi connectivity index (χ0) is 17.8. The van der Waals surface area contributed by atoms with Gasteiger partial charge < -0.3 is 21.9 Å². The molecule has 0 amide bonds. The SMILES string of the molecule is N/C(=N\O)c1ccc(-c2cnc(-c3ccc(/C(N)=N/O)nc3)s2)cc1. The summed E-state index contributed by atoms with van der Waals surface area (Å²) in [5.41, 5.74) is 13.9. The second kappa shape index (κ2) is 6.97. The largest absolute Gasteiger partial charge is 0.409 e. The van der Waals surface area contributed by atoms with Gasteiger partial charge in [0, 0.05) is 23.5 Å². The second-order valence-electron chi connectivity index (χ2n) is 5.01. The summed E-state index contributed by atoms with van der Waals surface area (Å²) in [6, 6.07) is 10.8. The quantitative estimate of drug-likeness (QED) is 0.244. The first-order chi connectivity index (χ1) is 12.1. The molecule has 0 unspecified atom stereocenters. The van der Waals surface area contributed by atoms with Crippen molar-refractivity contribution in [3.8, 4) is 21.0 Å². The van der Waals surface area contributed by atoms with E-state index >= 15 is 0 Å². The Hall–Kier alpha value is -3.46. The van der Waals surface area contributed by atoms with Gasteiger partial charge in [0.25, 0.3) is 0 Å². The van der Waals surface area contributed by atoms with Crippen LogP contribution < -0.4 is 11.5 Å². The van der Waals surface area contributed by atoms with Crippen molar-refractivity contribution in [2.45, 2.75) is 0 Å². The Morgan fingerprint density at radius 2 is 1.52 bits per heavy atom. The molecule has 0 radical (unpaired) electrons. The highest BCUT2D eigenvalue weighted by molar-refractivity contribution is 7.18. The second-order valence-corrected chi connectivity index (χ2v) is 6.04. The number of hydrogen-bond donors (Lipinski definition) is 4. The zero-order valence-electron chi connectivity index (χ0n) is 12.9. The third kappa shape index (κ3) is 3.40. The van der Waals surface area contributed by atoms with Gasteiger partial charge in [0.2, 0.25) is 0 Å². The van der Waals surface area contributed by atoms with Crippen molar-refractivity contribution in [3.63, 3.8) is 0 Å². The average molecular weight is 354 g/mol. The number of oxime groups is 2. The molecule has 3 rings (SSSR count). The van der Waals surface area contributed by atoms with E-state index in [0.29, 0.717) is 11.3 Å². The van der Waals surface area contributed by atoms with E-state index in [2.05, 4.69) is 20.3 Å². The van der Waals surface area contributed by atoms with Gasteiger partial charge in [-0.3, -0.25) is 4.98 Å². The number of nitrogens with zero attached hydrogens (tertiary/aromatic N) is 4. The van der Waals surface area contributed by atoms with Gasteiger partial charge in [-0.15, -0.1) is 11.3 Å². The lowest BCUT2D eigenvalue weighted by molar-refractivity contribution is 0.318. The number of aromatic nitrogens is 2. The number of pyridine rings is 1. The molecule has 1 aromatic carbocycles. The van der Waals surface area contributed by atoms with E-state index in [4.69, 9.17) is 21.9 Å². The van der Waals surface area contributed by atoms with E-state index in [9.17, 15) is 0 Å². The first-order valence-corrected chi connectivity index (χ1v) is 7.92.